The highest BCUT2D eigenvalue weighted by molar-refractivity contribution is 7.99. The van der Waals surface area contributed by atoms with Gasteiger partial charge in [-0.05, 0) is 36.4 Å². The van der Waals surface area contributed by atoms with Crippen molar-refractivity contribution in [2.24, 2.45) is 7.05 Å². The average molecular weight is 473 g/mol. The van der Waals surface area contributed by atoms with Gasteiger partial charge in [0.2, 0.25) is 5.91 Å². The standard InChI is InChI=1S/C21H21ClN6O3S/c1-25-20(15-2-6-18(7-3-15)28(30)31)23-24-21(25)32-14-19(29)27-12-10-26(11-13-27)17-8-4-16(22)5-9-17/h2-9H,10-14H2,1H3. The van der Waals surface area contributed by atoms with E-state index in [1.807, 2.05) is 36.2 Å². The van der Waals surface area contributed by atoms with E-state index in [2.05, 4.69) is 15.1 Å². The first-order chi connectivity index (χ1) is 15.4. The van der Waals surface area contributed by atoms with E-state index in [-0.39, 0.29) is 17.3 Å². The minimum absolute atomic E-state index is 0.0206. The highest BCUT2D eigenvalue weighted by Gasteiger charge is 2.22. The number of hydrogen-bond acceptors (Lipinski definition) is 7. The highest BCUT2D eigenvalue weighted by atomic mass is 35.5. The number of thioether (sulfide) groups is 1. The van der Waals surface area contributed by atoms with Gasteiger partial charge in [-0.2, -0.15) is 0 Å². The van der Waals surface area contributed by atoms with Crippen LogP contribution in [0.2, 0.25) is 5.02 Å². The third-order valence-corrected chi connectivity index (χ3v) is 6.58. The number of nitro benzene ring substituents is 1. The van der Waals surface area contributed by atoms with E-state index in [4.69, 9.17) is 11.6 Å². The lowest BCUT2D eigenvalue weighted by molar-refractivity contribution is -0.384. The molecule has 0 atom stereocenters. The second-order valence-corrected chi connectivity index (χ2v) is 8.68. The van der Waals surface area contributed by atoms with Crippen LogP contribution < -0.4 is 4.90 Å². The van der Waals surface area contributed by atoms with Crippen molar-refractivity contribution in [2.45, 2.75) is 5.16 Å². The fraction of sp³-hybridized carbons (Fsp3) is 0.286. The predicted octanol–water partition coefficient (Wildman–Crippen LogP) is 3.48. The molecule has 0 aliphatic carbocycles. The first kappa shape index (κ1) is 22.1. The third kappa shape index (κ3) is 4.86. The number of hydrogen-bond donors (Lipinski definition) is 0. The summed E-state index contributed by atoms with van der Waals surface area (Å²) in [5, 5.41) is 20.5. The van der Waals surface area contributed by atoms with Gasteiger partial charge in [-0.3, -0.25) is 14.9 Å². The number of carbonyl (C=O) groups excluding carboxylic acids is 1. The number of anilines is 1. The minimum Gasteiger partial charge on any atom is -0.368 e. The lowest BCUT2D eigenvalue weighted by Gasteiger charge is -2.36. The van der Waals surface area contributed by atoms with Gasteiger partial charge in [-0.1, -0.05) is 23.4 Å². The predicted molar refractivity (Wildman–Crippen MR) is 124 cm³/mol. The summed E-state index contributed by atoms with van der Waals surface area (Å²) in [4.78, 5) is 27.2. The van der Waals surface area contributed by atoms with Gasteiger partial charge in [0.1, 0.15) is 0 Å². The maximum atomic E-state index is 12.7. The van der Waals surface area contributed by atoms with Crippen LogP contribution in [0, 0.1) is 10.1 Å². The molecule has 2 aromatic carbocycles. The molecule has 166 valence electrons. The fourth-order valence-electron chi connectivity index (χ4n) is 3.51. The minimum atomic E-state index is -0.442. The van der Waals surface area contributed by atoms with Crippen molar-refractivity contribution in [3.8, 4) is 11.4 Å². The zero-order chi connectivity index (χ0) is 22.7. The van der Waals surface area contributed by atoms with Crippen LogP contribution in [0.15, 0.2) is 53.7 Å². The molecular weight excluding hydrogens is 452 g/mol. The molecule has 0 N–H and O–H groups in total. The van der Waals surface area contributed by atoms with Gasteiger partial charge in [0, 0.05) is 61.6 Å². The van der Waals surface area contributed by atoms with Crippen LogP contribution in [-0.2, 0) is 11.8 Å². The van der Waals surface area contributed by atoms with Gasteiger partial charge < -0.3 is 14.4 Å². The lowest BCUT2D eigenvalue weighted by atomic mass is 10.2. The van der Waals surface area contributed by atoms with Gasteiger partial charge in [0.25, 0.3) is 5.69 Å². The summed E-state index contributed by atoms with van der Waals surface area (Å²) in [5.41, 5.74) is 1.85. The Balaban J connectivity index is 1.32. The van der Waals surface area contributed by atoms with Crippen molar-refractivity contribution >= 4 is 40.6 Å². The number of nitrogens with zero attached hydrogens (tertiary/aromatic N) is 6. The highest BCUT2D eigenvalue weighted by Crippen LogP contribution is 2.25. The van der Waals surface area contributed by atoms with Crippen molar-refractivity contribution in [1.82, 2.24) is 19.7 Å². The van der Waals surface area contributed by atoms with Gasteiger partial charge in [0.05, 0.1) is 10.7 Å². The Morgan fingerprint density at radius 2 is 1.72 bits per heavy atom. The van der Waals surface area contributed by atoms with Gasteiger partial charge in [-0.15, -0.1) is 10.2 Å². The largest absolute Gasteiger partial charge is 0.368 e. The van der Waals surface area contributed by atoms with E-state index in [9.17, 15) is 14.9 Å². The molecule has 0 saturated carbocycles. The molecule has 2 heterocycles. The summed E-state index contributed by atoms with van der Waals surface area (Å²) in [6.07, 6.45) is 0. The van der Waals surface area contributed by atoms with Crippen molar-refractivity contribution < 1.29 is 9.72 Å². The molecule has 1 aliphatic heterocycles. The van der Waals surface area contributed by atoms with Crippen LogP contribution in [0.1, 0.15) is 0 Å². The summed E-state index contributed by atoms with van der Waals surface area (Å²) < 4.78 is 1.79. The van der Waals surface area contributed by atoms with Crippen molar-refractivity contribution in [2.75, 3.05) is 36.8 Å². The number of amides is 1. The van der Waals surface area contributed by atoms with Gasteiger partial charge >= 0.3 is 0 Å². The quantitative estimate of drug-likeness (QED) is 0.307. The molecule has 1 aliphatic rings. The summed E-state index contributed by atoms with van der Waals surface area (Å²) in [6, 6.07) is 13.9. The molecule has 1 amide bonds. The maximum absolute atomic E-state index is 12.7. The van der Waals surface area contributed by atoms with Crippen molar-refractivity contribution in [3.05, 3.63) is 63.7 Å². The Kier molecular flexibility index (Phi) is 6.61. The van der Waals surface area contributed by atoms with Crippen LogP contribution >= 0.6 is 23.4 Å². The number of non-ortho nitro benzene ring substituents is 1. The van der Waals surface area contributed by atoms with E-state index in [1.165, 1.54) is 23.9 Å². The van der Waals surface area contributed by atoms with Crippen molar-refractivity contribution in [3.63, 3.8) is 0 Å². The number of halogens is 1. The van der Waals surface area contributed by atoms with Crippen LogP contribution in [0.5, 0.6) is 0 Å². The lowest BCUT2D eigenvalue weighted by Crippen LogP contribution is -2.49. The van der Waals surface area contributed by atoms with Crippen LogP contribution in [-0.4, -0.2) is 62.4 Å². The van der Waals surface area contributed by atoms with E-state index >= 15 is 0 Å². The Labute approximate surface area is 194 Å². The molecular formula is C21H21ClN6O3S. The van der Waals surface area contributed by atoms with Crippen LogP contribution in [0.25, 0.3) is 11.4 Å². The summed E-state index contributed by atoms with van der Waals surface area (Å²) in [5.74, 6) is 0.921. The number of piperazine rings is 1. The molecule has 1 aromatic heterocycles. The summed E-state index contributed by atoms with van der Waals surface area (Å²) in [7, 11) is 1.81. The number of aromatic nitrogens is 3. The van der Waals surface area contributed by atoms with Crippen LogP contribution in [0.4, 0.5) is 11.4 Å². The topological polar surface area (TPSA) is 97.4 Å². The average Bonchev–Trinajstić information content (AvgIpc) is 3.18. The summed E-state index contributed by atoms with van der Waals surface area (Å²) in [6.45, 7) is 2.86. The van der Waals surface area contributed by atoms with E-state index in [0.717, 1.165) is 24.3 Å². The number of rotatable bonds is 6. The molecule has 9 nitrogen and oxygen atoms in total. The number of carbonyl (C=O) groups is 1. The van der Waals surface area contributed by atoms with E-state index in [1.54, 1.807) is 16.7 Å². The maximum Gasteiger partial charge on any atom is 0.269 e. The Morgan fingerprint density at radius 1 is 1.06 bits per heavy atom. The van der Waals surface area contributed by atoms with E-state index in [0.29, 0.717) is 29.1 Å². The number of benzene rings is 2. The third-order valence-electron chi connectivity index (χ3n) is 5.32. The van der Waals surface area contributed by atoms with Gasteiger partial charge in [-0.25, -0.2) is 0 Å². The Morgan fingerprint density at radius 3 is 2.34 bits per heavy atom. The first-order valence-electron chi connectivity index (χ1n) is 9.97. The second-order valence-electron chi connectivity index (χ2n) is 7.30. The number of nitro groups is 1. The smallest absolute Gasteiger partial charge is 0.269 e. The SMILES string of the molecule is Cn1c(SCC(=O)N2CCN(c3ccc(Cl)cc3)CC2)nnc1-c1ccc([N+](=O)[O-])cc1. The van der Waals surface area contributed by atoms with Gasteiger partial charge in [0.15, 0.2) is 11.0 Å². The Bertz CT molecular complexity index is 1110. The molecule has 0 spiro atoms. The van der Waals surface area contributed by atoms with Crippen LogP contribution in [0.3, 0.4) is 0 Å². The van der Waals surface area contributed by atoms with Crippen molar-refractivity contribution in [1.29, 1.82) is 0 Å². The molecule has 1 fully saturated rings. The second kappa shape index (κ2) is 9.58. The zero-order valence-electron chi connectivity index (χ0n) is 17.3. The molecule has 0 bridgehead atoms. The first-order valence-corrected chi connectivity index (χ1v) is 11.3. The zero-order valence-corrected chi connectivity index (χ0v) is 18.9. The van der Waals surface area contributed by atoms with E-state index < -0.39 is 4.92 Å². The molecule has 0 unspecified atom stereocenters. The monoisotopic (exact) mass is 472 g/mol. The normalized spacial score (nSPS) is 13.9. The summed E-state index contributed by atoms with van der Waals surface area (Å²) >= 11 is 7.29. The molecule has 0 radical (unpaired) electrons. The fourth-order valence-corrected chi connectivity index (χ4v) is 4.45. The molecule has 32 heavy (non-hydrogen) atoms. The molecule has 1 saturated heterocycles. The molecule has 3 aromatic rings. The Hall–Kier alpha value is -3.11. The molecule has 4 rings (SSSR count). The molecule has 11 heteroatoms.